The van der Waals surface area contributed by atoms with Crippen molar-refractivity contribution in [3.8, 4) is 0 Å². The molecule has 2 fully saturated rings. The van der Waals surface area contributed by atoms with Crippen molar-refractivity contribution < 1.29 is 4.79 Å². The number of rotatable bonds is 4. The third-order valence-electron chi connectivity index (χ3n) is 5.46. The zero-order valence-corrected chi connectivity index (χ0v) is 15.0. The van der Waals surface area contributed by atoms with Crippen LogP contribution in [0.2, 0.25) is 0 Å². The second kappa shape index (κ2) is 8.52. The Morgan fingerprint density at radius 3 is 2.67 bits per heavy atom. The second-order valence-electron chi connectivity index (χ2n) is 7.37. The molecule has 1 unspecified atom stereocenters. The minimum atomic E-state index is 0.359. The Balaban J connectivity index is 1.46. The summed E-state index contributed by atoms with van der Waals surface area (Å²) < 4.78 is 0. The molecule has 3 rings (SSSR count). The number of amides is 1. The molecule has 2 heterocycles. The SMILES string of the molecule is CN1CCCC(CCC(=O)N2CCCN(c3ccccc3)CC2)C1. The van der Waals surface area contributed by atoms with Gasteiger partial charge in [-0.2, -0.15) is 0 Å². The quantitative estimate of drug-likeness (QED) is 0.850. The van der Waals surface area contributed by atoms with E-state index >= 15 is 0 Å². The van der Waals surface area contributed by atoms with Crippen molar-refractivity contribution in [3.63, 3.8) is 0 Å². The van der Waals surface area contributed by atoms with Gasteiger partial charge >= 0.3 is 0 Å². The van der Waals surface area contributed by atoms with Gasteiger partial charge in [0.05, 0.1) is 0 Å². The van der Waals surface area contributed by atoms with E-state index in [1.54, 1.807) is 0 Å². The van der Waals surface area contributed by atoms with Gasteiger partial charge in [0.15, 0.2) is 0 Å². The van der Waals surface area contributed by atoms with Crippen molar-refractivity contribution in [2.24, 2.45) is 5.92 Å². The number of hydrogen-bond donors (Lipinski definition) is 0. The first-order valence-electron chi connectivity index (χ1n) is 9.48. The summed E-state index contributed by atoms with van der Waals surface area (Å²) in [6.45, 7) is 6.13. The molecular formula is C20H31N3O. The number of anilines is 1. The van der Waals surface area contributed by atoms with Crippen LogP contribution < -0.4 is 4.90 Å². The molecule has 24 heavy (non-hydrogen) atoms. The summed E-state index contributed by atoms with van der Waals surface area (Å²) in [6.07, 6.45) is 5.42. The van der Waals surface area contributed by atoms with Gasteiger partial charge in [-0.1, -0.05) is 18.2 Å². The lowest BCUT2D eigenvalue weighted by molar-refractivity contribution is -0.131. The molecule has 2 aliphatic rings. The molecule has 4 heteroatoms. The minimum absolute atomic E-state index is 0.359. The van der Waals surface area contributed by atoms with Gasteiger partial charge in [-0.25, -0.2) is 0 Å². The van der Waals surface area contributed by atoms with Crippen molar-refractivity contribution in [1.29, 1.82) is 0 Å². The molecule has 0 aromatic heterocycles. The maximum absolute atomic E-state index is 12.6. The van der Waals surface area contributed by atoms with Crippen LogP contribution in [0.4, 0.5) is 5.69 Å². The summed E-state index contributed by atoms with van der Waals surface area (Å²) in [6, 6.07) is 10.6. The predicted molar refractivity (Wildman–Crippen MR) is 99.3 cm³/mol. The Labute approximate surface area is 146 Å². The van der Waals surface area contributed by atoms with E-state index in [0.29, 0.717) is 11.8 Å². The summed E-state index contributed by atoms with van der Waals surface area (Å²) in [7, 11) is 2.20. The largest absolute Gasteiger partial charge is 0.370 e. The molecule has 1 amide bonds. The Morgan fingerprint density at radius 2 is 1.88 bits per heavy atom. The van der Waals surface area contributed by atoms with E-state index < -0.39 is 0 Å². The highest BCUT2D eigenvalue weighted by Crippen LogP contribution is 2.21. The van der Waals surface area contributed by atoms with Crippen molar-refractivity contribution in [2.45, 2.75) is 32.1 Å². The molecule has 1 aromatic carbocycles. The Hall–Kier alpha value is -1.55. The smallest absolute Gasteiger partial charge is 0.222 e. The predicted octanol–water partition coefficient (Wildman–Crippen LogP) is 2.85. The van der Waals surface area contributed by atoms with Crippen LogP contribution >= 0.6 is 0 Å². The number of nitrogens with zero attached hydrogens (tertiary/aromatic N) is 3. The van der Waals surface area contributed by atoms with E-state index in [2.05, 4.69) is 52.1 Å². The zero-order valence-electron chi connectivity index (χ0n) is 15.0. The van der Waals surface area contributed by atoms with Gasteiger partial charge in [0.1, 0.15) is 0 Å². The summed E-state index contributed by atoms with van der Waals surface area (Å²) >= 11 is 0. The van der Waals surface area contributed by atoms with E-state index in [0.717, 1.165) is 52.0 Å². The Morgan fingerprint density at radius 1 is 1.04 bits per heavy atom. The molecule has 0 radical (unpaired) electrons. The van der Waals surface area contributed by atoms with Crippen molar-refractivity contribution >= 4 is 11.6 Å². The Bertz CT molecular complexity index is 519. The number of hydrogen-bond acceptors (Lipinski definition) is 3. The van der Waals surface area contributed by atoms with Crippen molar-refractivity contribution in [3.05, 3.63) is 30.3 Å². The summed E-state index contributed by atoms with van der Waals surface area (Å²) in [4.78, 5) is 19.5. The average Bonchev–Trinajstić information content (AvgIpc) is 2.87. The molecule has 1 atom stereocenters. The van der Waals surface area contributed by atoms with Gasteiger partial charge in [-0.15, -0.1) is 0 Å². The number of piperidine rings is 1. The maximum atomic E-state index is 12.6. The fourth-order valence-corrected chi connectivity index (χ4v) is 4.06. The van der Waals surface area contributed by atoms with Crippen LogP contribution in [0.1, 0.15) is 32.1 Å². The van der Waals surface area contributed by atoms with Crippen LogP contribution in [0, 0.1) is 5.92 Å². The van der Waals surface area contributed by atoms with Crippen LogP contribution in [0.25, 0.3) is 0 Å². The number of carbonyl (C=O) groups excluding carboxylic acids is 1. The van der Waals surface area contributed by atoms with Crippen molar-refractivity contribution in [2.75, 3.05) is 51.2 Å². The van der Waals surface area contributed by atoms with Gasteiger partial charge in [-0.3, -0.25) is 4.79 Å². The van der Waals surface area contributed by atoms with Gasteiger partial charge < -0.3 is 14.7 Å². The number of carbonyl (C=O) groups is 1. The maximum Gasteiger partial charge on any atom is 0.222 e. The molecule has 0 aliphatic carbocycles. The highest BCUT2D eigenvalue weighted by molar-refractivity contribution is 5.76. The lowest BCUT2D eigenvalue weighted by Gasteiger charge is -2.30. The topological polar surface area (TPSA) is 26.8 Å². The average molecular weight is 329 g/mol. The van der Waals surface area contributed by atoms with Crippen LogP contribution in [0.15, 0.2) is 30.3 Å². The lowest BCUT2D eigenvalue weighted by Crippen LogP contribution is -2.36. The molecule has 132 valence electrons. The third-order valence-corrected chi connectivity index (χ3v) is 5.46. The monoisotopic (exact) mass is 329 g/mol. The standard InChI is InChI=1S/C20H31N3O/c1-21-12-5-7-18(17-21)10-11-20(24)23-14-6-13-22(15-16-23)19-8-3-2-4-9-19/h2-4,8-9,18H,5-7,10-17H2,1H3. The number of benzene rings is 1. The first kappa shape index (κ1) is 17.3. The number of para-hydroxylation sites is 1. The summed E-state index contributed by atoms with van der Waals surface area (Å²) in [5.41, 5.74) is 1.28. The molecule has 0 bridgehead atoms. The van der Waals surface area contributed by atoms with Crippen LogP contribution in [-0.4, -0.2) is 62.0 Å². The molecule has 1 aromatic rings. The molecule has 2 saturated heterocycles. The molecule has 0 spiro atoms. The normalized spacial score (nSPS) is 23.1. The molecule has 0 N–H and O–H groups in total. The third kappa shape index (κ3) is 4.73. The van der Waals surface area contributed by atoms with E-state index in [4.69, 9.17) is 0 Å². The van der Waals surface area contributed by atoms with Crippen LogP contribution in [0.3, 0.4) is 0 Å². The van der Waals surface area contributed by atoms with E-state index in [1.807, 2.05) is 0 Å². The highest BCUT2D eigenvalue weighted by atomic mass is 16.2. The Kier molecular flexibility index (Phi) is 6.13. The van der Waals surface area contributed by atoms with Gasteiger partial charge in [0.2, 0.25) is 5.91 Å². The van der Waals surface area contributed by atoms with Crippen LogP contribution in [-0.2, 0) is 4.79 Å². The van der Waals surface area contributed by atoms with E-state index in [-0.39, 0.29) is 0 Å². The van der Waals surface area contributed by atoms with Gasteiger partial charge in [0, 0.05) is 44.8 Å². The minimum Gasteiger partial charge on any atom is -0.370 e. The highest BCUT2D eigenvalue weighted by Gasteiger charge is 2.22. The fourth-order valence-electron chi connectivity index (χ4n) is 4.06. The second-order valence-corrected chi connectivity index (χ2v) is 7.37. The fraction of sp³-hybridized carbons (Fsp3) is 0.650. The summed E-state index contributed by atoms with van der Waals surface area (Å²) in [5.74, 6) is 1.07. The first-order valence-corrected chi connectivity index (χ1v) is 9.48. The number of likely N-dealkylation sites (tertiary alicyclic amines) is 1. The van der Waals surface area contributed by atoms with E-state index in [9.17, 15) is 4.79 Å². The van der Waals surface area contributed by atoms with E-state index in [1.165, 1.54) is 25.1 Å². The lowest BCUT2D eigenvalue weighted by atomic mass is 9.93. The zero-order chi connectivity index (χ0) is 16.8. The molecule has 4 nitrogen and oxygen atoms in total. The van der Waals surface area contributed by atoms with Gasteiger partial charge in [-0.05, 0) is 57.3 Å². The molecular weight excluding hydrogens is 298 g/mol. The van der Waals surface area contributed by atoms with Gasteiger partial charge in [0.25, 0.3) is 0 Å². The molecule has 0 saturated carbocycles. The van der Waals surface area contributed by atoms with Crippen molar-refractivity contribution in [1.82, 2.24) is 9.80 Å². The molecule has 2 aliphatic heterocycles. The van der Waals surface area contributed by atoms with Crippen LogP contribution in [0.5, 0.6) is 0 Å². The first-order chi connectivity index (χ1) is 11.7. The summed E-state index contributed by atoms with van der Waals surface area (Å²) in [5, 5.41) is 0.